The third-order valence-electron chi connectivity index (χ3n) is 3.87. The average molecular weight is 393 g/mol. The van der Waals surface area contributed by atoms with E-state index in [1.807, 2.05) is 49.4 Å². The molecule has 0 fully saturated rings. The number of carbonyl (C=O) groups is 1. The van der Waals surface area contributed by atoms with Gasteiger partial charge in [0.2, 0.25) is 5.88 Å². The molecule has 150 valence electrons. The van der Waals surface area contributed by atoms with E-state index in [1.165, 1.54) is 0 Å². The molecule has 6 heteroatoms. The predicted octanol–water partition coefficient (Wildman–Crippen LogP) is 4.90. The Morgan fingerprint density at radius 2 is 1.59 bits per heavy atom. The summed E-state index contributed by atoms with van der Waals surface area (Å²) < 4.78 is 22.2. The molecule has 1 heterocycles. The smallest absolute Gasteiger partial charge is 0.338 e. The maximum atomic E-state index is 11.7. The number of hydrogen-bond donors (Lipinski definition) is 0. The van der Waals surface area contributed by atoms with Gasteiger partial charge in [0.15, 0.2) is 0 Å². The summed E-state index contributed by atoms with van der Waals surface area (Å²) in [5, 5.41) is 0. The van der Waals surface area contributed by atoms with Crippen LogP contribution in [0.5, 0.6) is 23.1 Å². The predicted molar refractivity (Wildman–Crippen MR) is 109 cm³/mol. The second-order valence-corrected chi connectivity index (χ2v) is 6.23. The Hall–Kier alpha value is -3.54. The van der Waals surface area contributed by atoms with Crippen LogP contribution in [0.3, 0.4) is 0 Å². The lowest BCUT2D eigenvalue weighted by molar-refractivity contribution is 0.0526. The standard InChI is InChI=1S/C23H23NO5/c1-3-26-23(25)18-7-9-20(10-8-18)29-21-13-11-19(12-14-21)27-16-17(2)28-22-6-4-5-15-24-22/h4-15,17H,3,16H2,1-2H3. The Bertz CT molecular complexity index is 895. The number of nitrogens with zero attached hydrogens (tertiary/aromatic N) is 1. The van der Waals surface area contributed by atoms with Crippen LogP contribution in [0.2, 0.25) is 0 Å². The first kappa shape index (κ1) is 20.2. The Balaban J connectivity index is 1.49. The minimum absolute atomic E-state index is 0.140. The first-order valence-electron chi connectivity index (χ1n) is 9.39. The highest BCUT2D eigenvalue weighted by Crippen LogP contribution is 2.24. The highest BCUT2D eigenvalue weighted by Gasteiger charge is 2.08. The van der Waals surface area contributed by atoms with E-state index in [9.17, 15) is 4.79 Å². The van der Waals surface area contributed by atoms with Crippen molar-refractivity contribution < 1.29 is 23.7 Å². The molecule has 3 aromatic rings. The van der Waals surface area contributed by atoms with Crippen molar-refractivity contribution >= 4 is 5.97 Å². The molecule has 1 aromatic heterocycles. The Morgan fingerprint density at radius 1 is 0.931 bits per heavy atom. The number of pyridine rings is 1. The van der Waals surface area contributed by atoms with Gasteiger partial charge in [-0.3, -0.25) is 0 Å². The number of benzene rings is 2. The van der Waals surface area contributed by atoms with E-state index in [0.29, 0.717) is 41.9 Å². The van der Waals surface area contributed by atoms with Gasteiger partial charge in [-0.2, -0.15) is 0 Å². The lowest BCUT2D eigenvalue weighted by atomic mass is 10.2. The molecule has 1 atom stereocenters. The zero-order valence-corrected chi connectivity index (χ0v) is 16.4. The van der Waals surface area contributed by atoms with Crippen molar-refractivity contribution in [1.82, 2.24) is 4.98 Å². The number of esters is 1. The van der Waals surface area contributed by atoms with E-state index in [0.717, 1.165) is 0 Å². The van der Waals surface area contributed by atoms with Gasteiger partial charge in [0.25, 0.3) is 0 Å². The number of ether oxygens (including phenoxy) is 4. The quantitative estimate of drug-likeness (QED) is 0.482. The van der Waals surface area contributed by atoms with Gasteiger partial charge in [0.05, 0.1) is 12.2 Å². The van der Waals surface area contributed by atoms with Crippen molar-refractivity contribution in [3.05, 3.63) is 78.5 Å². The molecule has 2 aromatic carbocycles. The van der Waals surface area contributed by atoms with E-state index < -0.39 is 0 Å². The van der Waals surface area contributed by atoms with E-state index >= 15 is 0 Å². The van der Waals surface area contributed by atoms with Gasteiger partial charge in [-0.15, -0.1) is 0 Å². The van der Waals surface area contributed by atoms with Crippen molar-refractivity contribution in [2.45, 2.75) is 20.0 Å². The second-order valence-electron chi connectivity index (χ2n) is 6.23. The van der Waals surface area contributed by atoms with Gasteiger partial charge in [0.1, 0.15) is 30.0 Å². The zero-order chi connectivity index (χ0) is 20.5. The Kier molecular flexibility index (Phi) is 7.05. The van der Waals surface area contributed by atoms with Gasteiger partial charge in [-0.1, -0.05) is 6.07 Å². The molecule has 0 saturated carbocycles. The van der Waals surface area contributed by atoms with Crippen LogP contribution >= 0.6 is 0 Å². The minimum atomic E-state index is -0.346. The molecule has 0 spiro atoms. The van der Waals surface area contributed by atoms with Crippen LogP contribution < -0.4 is 14.2 Å². The zero-order valence-electron chi connectivity index (χ0n) is 16.4. The van der Waals surface area contributed by atoms with Crippen molar-refractivity contribution in [2.75, 3.05) is 13.2 Å². The number of aromatic nitrogens is 1. The van der Waals surface area contributed by atoms with Crippen LogP contribution in [0.15, 0.2) is 72.9 Å². The Labute approximate surface area is 170 Å². The van der Waals surface area contributed by atoms with Crippen LogP contribution in [-0.4, -0.2) is 30.3 Å². The maximum Gasteiger partial charge on any atom is 0.338 e. The molecule has 0 aliphatic heterocycles. The lowest BCUT2D eigenvalue weighted by Gasteiger charge is -2.15. The van der Waals surface area contributed by atoms with Crippen LogP contribution in [0.1, 0.15) is 24.2 Å². The summed E-state index contributed by atoms with van der Waals surface area (Å²) in [7, 11) is 0. The van der Waals surface area contributed by atoms with Crippen molar-refractivity contribution in [1.29, 1.82) is 0 Å². The van der Waals surface area contributed by atoms with Crippen molar-refractivity contribution in [3.63, 3.8) is 0 Å². The van der Waals surface area contributed by atoms with E-state index in [4.69, 9.17) is 18.9 Å². The van der Waals surface area contributed by atoms with Crippen LogP contribution in [0.4, 0.5) is 0 Å². The molecular weight excluding hydrogens is 370 g/mol. The average Bonchev–Trinajstić information content (AvgIpc) is 2.75. The van der Waals surface area contributed by atoms with E-state index in [-0.39, 0.29) is 12.1 Å². The highest BCUT2D eigenvalue weighted by atomic mass is 16.5. The van der Waals surface area contributed by atoms with Gasteiger partial charge in [-0.05, 0) is 68.4 Å². The largest absolute Gasteiger partial charge is 0.490 e. The summed E-state index contributed by atoms with van der Waals surface area (Å²) in [5.74, 6) is 2.23. The summed E-state index contributed by atoms with van der Waals surface area (Å²) in [5.41, 5.74) is 0.491. The highest BCUT2D eigenvalue weighted by molar-refractivity contribution is 5.89. The lowest BCUT2D eigenvalue weighted by Crippen LogP contribution is -2.21. The summed E-state index contributed by atoms with van der Waals surface area (Å²) in [6.45, 7) is 4.44. The fraction of sp³-hybridized carbons (Fsp3) is 0.217. The molecule has 0 aliphatic rings. The van der Waals surface area contributed by atoms with Crippen LogP contribution in [0.25, 0.3) is 0 Å². The third kappa shape index (κ3) is 6.24. The van der Waals surface area contributed by atoms with Crippen molar-refractivity contribution in [3.8, 4) is 23.1 Å². The van der Waals surface area contributed by atoms with Gasteiger partial charge in [-0.25, -0.2) is 9.78 Å². The summed E-state index contributed by atoms with van der Waals surface area (Å²) >= 11 is 0. The van der Waals surface area contributed by atoms with Crippen LogP contribution in [0, 0.1) is 0 Å². The fourth-order valence-electron chi connectivity index (χ4n) is 2.48. The summed E-state index contributed by atoms with van der Waals surface area (Å²) in [6.07, 6.45) is 1.55. The molecule has 0 N–H and O–H groups in total. The van der Waals surface area contributed by atoms with E-state index in [1.54, 1.807) is 37.4 Å². The normalized spacial score (nSPS) is 11.4. The first-order valence-corrected chi connectivity index (χ1v) is 9.39. The minimum Gasteiger partial charge on any atom is -0.490 e. The molecule has 1 unspecified atom stereocenters. The molecule has 0 radical (unpaired) electrons. The monoisotopic (exact) mass is 393 g/mol. The summed E-state index contributed by atoms with van der Waals surface area (Å²) in [4.78, 5) is 15.8. The van der Waals surface area contributed by atoms with Crippen LogP contribution in [-0.2, 0) is 4.74 Å². The molecule has 3 rings (SSSR count). The molecule has 0 aliphatic carbocycles. The molecule has 0 saturated heterocycles. The second kappa shape index (κ2) is 10.1. The third-order valence-corrected chi connectivity index (χ3v) is 3.87. The van der Waals surface area contributed by atoms with Gasteiger partial charge >= 0.3 is 5.97 Å². The molecule has 0 amide bonds. The maximum absolute atomic E-state index is 11.7. The molecule has 0 bridgehead atoms. The SMILES string of the molecule is CCOC(=O)c1ccc(Oc2ccc(OCC(C)Oc3ccccn3)cc2)cc1. The first-order chi connectivity index (χ1) is 14.1. The number of hydrogen-bond acceptors (Lipinski definition) is 6. The Morgan fingerprint density at radius 3 is 2.21 bits per heavy atom. The number of rotatable bonds is 9. The topological polar surface area (TPSA) is 66.9 Å². The molecule has 6 nitrogen and oxygen atoms in total. The van der Waals surface area contributed by atoms with Crippen molar-refractivity contribution in [2.24, 2.45) is 0 Å². The fourth-order valence-corrected chi connectivity index (χ4v) is 2.48. The molecule has 29 heavy (non-hydrogen) atoms. The molecular formula is C23H23NO5. The summed E-state index contributed by atoms with van der Waals surface area (Å²) in [6, 6.07) is 19.6. The number of carbonyl (C=O) groups excluding carboxylic acids is 1. The van der Waals surface area contributed by atoms with E-state index in [2.05, 4.69) is 4.98 Å². The van der Waals surface area contributed by atoms with Gasteiger partial charge < -0.3 is 18.9 Å². The van der Waals surface area contributed by atoms with Gasteiger partial charge in [0, 0.05) is 12.3 Å².